The first kappa shape index (κ1) is 17.0. The van der Waals surface area contributed by atoms with Crippen molar-refractivity contribution in [3.63, 3.8) is 0 Å². The third-order valence-corrected chi connectivity index (χ3v) is 4.96. The fourth-order valence-corrected chi connectivity index (χ4v) is 3.41. The Morgan fingerprint density at radius 1 is 1.00 bits per heavy atom. The highest BCUT2D eigenvalue weighted by Gasteiger charge is 2.18. The predicted octanol–water partition coefficient (Wildman–Crippen LogP) is 3.27. The number of rotatable bonds is 4. The molecule has 0 atom stereocenters. The zero-order chi connectivity index (χ0) is 18.2. The summed E-state index contributed by atoms with van der Waals surface area (Å²) in [6, 6.07) is 12.5. The highest BCUT2D eigenvalue weighted by Crippen LogP contribution is 2.29. The van der Waals surface area contributed by atoms with E-state index in [9.17, 15) is 13.5 Å². The van der Waals surface area contributed by atoms with E-state index in [-0.39, 0.29) is 16.4 Å². The average molecular weight is 358 g/mol. The van der Waals surface area contributed by atoms with Gasteiger partial charge in [0.15, 0.2) is 0 Å². The molecule has 0 aliphatic heterocycles. The lowest BCUT2D eigenvalue weighted by molar-refractivity contribution is 0.459. The largest absolute Gasteiger partial charge is 0.506 e. The molecule has 0 saturated carbocycles. The molecule has 1 heterocycles. The number of hydrogen-bond donors (Lipinski definition) is 1. The summed E-state index contributed by atoms with van der Waals surface area (Å²) in [7, 11) is -3.96. The number of hydrogen-bond acceptors (Lipinski definition) is 5. The van der Waals surface area contributed by atoms with Gasteiger partial charge in [0.2, 0.25) is 0 Å². The lowest BCUT2D eigenvalue weighted by atomic mass is 10.2. The van der Waals surface area contributed by atoms with Gasteiger partial charge in [-0.15, -0.1) is 0 Å². The highest BCUT2D eigenvalue weighted by atomic mass is 32.2. The number of aromatic nitrogens is 2. The Bertz CT molecular complexity index is 1020. The average Bonchev–Trinajstić information content (AvgIpc) is 2.86. The van der Waals surface area contributed by atoms with Crippen LogP contribution in [0.5, 0.6) is 11.5 Å². The summed E-state index contributed by atoms with van der Waals surface area (Å²) in [4.78, 5) is 0.0558. The smallest absolute Gasteiger partial charge is 0.339 e. The van der Waals surface area contributed by atoms with Crippen LogP contribution < -0.4 is 4.18 Å². The van der Waals surface area contributed by atoms with Crippen LogP contribution in [0.25, 0.3) is 5.69 Å². The first-order chi connectivity index (χ1) is 11.8. The van der Waals surface area contributed by atoms with Crippen LogP contribution in [0.4, 0.5) is 0 Å². The van der Waals surface area contributed by atoms with Gasteiger partial charge >= 0.3 is 10.1 Å². The van der Waals surface area contributed by atoms with Crippen LogP contribution in [-0.4, -0.2) is 23.3 Å². The van der Waals surface area contributed by atoms with Gasteiger partial charge in [0.1, 0.15) is 22.1 Å². The number of aromatic hydroxyl groups is 1. The fourth-order valence-electron chi connectivity index (χ4n) is 2.49. The van der Waals surface area contributed by atoms with Gasteiger partial charge < -0.3 is 9.29 Å². The molecule has 0 aliphatic carbocycles. The van der Waals surface area contributed by atoms with Crippen molar-refractivity contribution in [1.82, 2.24) is 9.78 Å². The van der Waals surface area contributed by atoms with E-state index in [1.807, 2.05) is 26.8 Å². The van der Waals surface area contributed by atoms with Crippen LogP contribution in [0.1, 0.15) is 17.0 Å². The Labute approximate surface area is 146 Å². The van der Waals surface area contributed by atoms with Crippen molar-refractivity contribution in [2.24, 2.45) is 0 Å². The Kier molecular flexibility index (Phi) is 4.26. The van der Waals surface area contributed by atoms with Crippen LogP contribution >= 0.6 is 0 Å². The quantitative estimate of drug-likeness (QED) is 0.724. The zero-order valence-electron chi connectivity index (χ0n) is 14.1. The summed E-state index contributed by atoms with van der Waals surface area (Å²) in [5.41, 5.74) is 3.07. The van der Waals surface area contributed by atoms with E-state index in [0.29, 0.717) is 5.69 Å². The summed E-state index contributed by atoms with van der Waals surface area (Å²) >= 11 is 0. The molecule has 2 aromatic carbocycles. The number of phenolic OH excluding ortho intramolecular Hbond substituents is 1. The molecule has 0 fully saturated rings. The molecule has 130 valence electrons. The van der Waals surface area contributed by atoms with Crippen molar-refractivity contribution in [3.8, 4) is 17.2 Å². The first-order valence-electron chi connectivity index (χ1n) is 7.64. The molecule has 1 N–H and O–H groups in total. The molecule has 0 spiro atoms. The van der Waals surface area contributed by atoms with Gasteiger partial charge in [-0.25, -0.2) is 4.68 Å². The Morgan fingerprint density at radius 3 is 2.24 bits per heavy atom. The molecule has 25 heavy (non-hydrogen) atoms. The third kappa shape index (κ3) is 3.51. The van der Waals surface area contributed by atoms with Crippen LogP contribution in [0, 0.1) is 20.8 Å². The minimum absolute atomic E-state index is 0.0309. The van der Waals surface area contributed by atoms with Gasteiger partial charge in [-0.3, -0.25) is 0 Å². The van der Waals surface area contributed by atoms with Gasteiger partial charge in [-0.05, 0) is 51.1 Å². The molecular weight excluding hydrogens is 340 g/mol. The van der Waals surface area contributed by atoms with Crippen LogP contribution in [-0.2, 0) is 10.1 Å². The number of aryl methyl sites for hydroxylation is 3. The zero-order valence-corrected chi connectivity index (χ0v) is 14.9. The Hall–Kier alpha value is -2.80. The van der Waals surface area contributed by atoms with Crippen molar-refractivity contribution in [3.05, 3.63) is 65.5 Å². The van der Waals surface area contributed by atoms with Crippen molar-refractivity contribution >= 4 is 10.1 Å². The maximum Gasteiger partial charge on any atom is 0.339 e. The summed E-state index contributed by atoms with van der Waals surface area (Å²) in [5.74, 6) is -0.0915. The summed E-state index contributed by atoms with van der Waals surface area (Å²) < 4.78 is 31.3. The molecule has 3 aromatic rings. The molecule has 1 aromatic heterocycles. The molecule has 0 aliphatic rings. The standard InChI is InChI=1S/C18H18N2O4S/c1-12-4-7-16(8-5-12)25(22,23)24-15-6-9-17(18(21)11-15)20-14(3)10-13(2)19-20/h4-11,21H,1-3H3. The van der Waals surface area contributed by atoms with E-state index in [1.165, 1.54) is 24.3 Å². The second kappa shape index (κ2) is 6.25. The summed E-state index contributed by atoms with van der Waals surface area (Å²) in [6.07, 6.45) is 0. The second-order valence-corrected chi connectivity index (χ2v) is 7.39. The number of phenols is 1. The maximum absolute atomic E-state index is 12.3. The molecule has 7 heteroatoms. The van der Waals surface area contributed by atoms with E-state index in [0.717, 1.165) is 17.0 Å². The minimum atomic E-state index is -3.96. The van der Waals surface area contributed by atoms with E-state index in [4.69, 9.17) is 4.18 Å². The van der Waals surface area contributed by atoms with E-state index < -0.39 is 10.1 Å². The lowest BCUT2D eigenvalue weighted by Crippen LogP contribution is -2.10. The summed E-state index contributed by atoms with van der Waals surface area (Å²) in [5, 5.41) is 14.5. The molecule has 0 radical (unpaired) electrons. The topological polar surface area (TPSA) is 81.4 Å². The molecule has 6 nitrogen and oxygen atoms in total. The number of nitrogens with zero attached hydrogens (tertiary/aromatic N) is 2. The lowest BCUT2D eigenvalue weighted by Gasteiger charge is -2.11. The van der Waals surface area contributed by atoms with Gasteiger partial charge in [0, 0.05) is 11.8 Å². The molecule has 0 amide bonds. The fraction of sp³-hybridized carbons (Fsp3) is 0.167. The van der Waals surface area contributed by atoms with Crippen molar-refractivity contribution < 1.29 is 17.7 Å². The van der Waals surface area contributed by atoms with E-state index in [2.05, 4.69) is 5.10 Å². The molecular formula is C18H18N2O4S. The van der Waals surface area contributed by atoms with Crippen LogP contribution in [0.2, 0.25) is 0 Å². The van der Waals surface area contributed by atoms with Crippen molar-refractivity contribution in [1.29, 1.82) is 0 Å². The van der Waals surface area contributed by atoms with E-state index >= 15 is 0 Å². The van der Waals surface area contributed by atoms with Gasteiger partial charge in [-0.1, -0.05) is 17.7 Å². The van der Waals surface area contributed by atoms with Gasteiger partial charge in [0.25, 0.3) is 0 Å². The highest BCUT2D eigenvalue weighted by molar-refractivity contribution is 7.87. The monoisotopic (exact) mass is 358 g/mol. The van der Waals surface area contributed by atoms with Crippen molar-refractivity contribution in [2.75, 3.05) is 0 Å². The van der Waals surface area contributed by atoms with Gasteiger partial charge in [-0.2, -0.15) is 13.5 Å². The number of benzene rings is 2. The van der Waals surface area contributed by atoms with Gasteiger partial charge in [0.05, 0.1) is 5.69 Å². The second-order valence-electron chi connectivity index (χ2n) is 5.84. The van der Waals surface area contributed by atoms with Crippen LogP contribution in [0.3, 0.4) is 0 Å². The molecule has 0 bridgehead atoms. The molecule has 0 saturated heterocycles. The summed E-state index contributed by atoms with van der Waals surface area (Å²) in [6.45, 7) is 5.59. The minimum Gasteiger partial charge on any atom is -0.506 e. The molecule has 0 unspecified atom stereocenters. The van der Waals surface area contributed by atoms with Crippen LogP contribution in [0.15, 0.2) is 53.4 Å². The normalized spacial score (nSPS) is 11.5. The first-order valence-corrected chi connectivity index (χ1v) is 9.05. The molecule has 3 rings (SSSR count). The van der Waals surface area contributed by atoms with E-state index in [1.54, 1.807) is 22.9 Å². The Morgan fingerprint density at radius 2 is 1.68 bits per heavy atom. The van der Waals surface area contributed by atoms with Crippen molar-refractivity contribution in [2.45, 2.75) is 25.7 Å². The SMILES string of the molecule is Cc1ccc(S(=O)(=O)Oc2ccc(-n3nc(C)cc3C)c(O)c2)cc1. The predicted molar refractivity (Wildman–Crippen MR) is 93.7 cm³/mol. The third-order valence-electron chi connectivity index (χ3n) is 3.70. The maximum atomic E-state index is 12.3. The Balaban J connectivity index is 1.91.